The Bertz CT molecular complexity index is 3050. The average Bonchev–Trinajstić information content (AvgIpc) is 3.55. The van der Waals surface area contributed by atoms with Crippen molar-refractivity contribution >= 4 is 81.4 Å². The molecule has 0 fully saturated rings. The number of para-hydroxylation sites is 1. The van der Waals surface area contributed by atoms with Gasteiger partial charge >= 0.3 is 0 Å². The first-order chi connectivity index (χ1) is 25.3. The largest absolute Gasteiger partial charge is 0.652 e. The lowest BCUT2D eigenvalue weighted by Crippen LogP contribution is -2.32. The summed E-state index contributed by atoms with van der Waals surface area (Å²) >= 11 is 0. The Labute approximate surface area is 295 Å². The molecule has 1 aliphatic rings. The quantitative estimate of drug-likeness (QED) is 0.190. The van der Waals surface area contributed by atoms with E-state index in [0.717, 1.165) is 16.8 Å². The molecular formula is C48H32N3-. The third kappa shape index (κ3) is 4.22. The van der Waals surface area contributed by atoms with E-state index in [1.807, 2.05) is 0 Å². The van der Waals surface area contributed by atoms with Crippen LogP contribution < -0.4 is 5.32 Å². The van der Waals surface area contributed by atoms with Gasteiger partial charge in [0.1, 0.15) is 0 Å². The van der Waals surface area contributed by atoms with Crippen molar-refractivity contribution in [3.63, 3.8) is 0 Å². The van der Waals surface area contributed by atoms with Gasteiger partial charge in [-0.05, 0) is 60.3 Å². The summed E-state index contributed by atoms with van der Waals surface area (Å²) in [7, 11) is 0. The molecule has 9 aromatic carbocycles. The molecule has 0 spiro atoms. The molecular weight excluding hydrogens is 619 g/mol. The Morgan fingerprint density at radius 2 is 1.02 bits per heavy atom. The van der Waals surface area contributed by atoms with Crippen LogP contribution in [-0.2, 0) is 0 Å². The van der Waals surface area contributed by atoms with E-state index >= 15 is 0 Å². The number of fused-ring (bicyclic) bond motifs is 12. The van der Waals surface area contributed by atoms with E-state index in [0.29, 0.717) is 0 Å². The van der Waals surface area contributed by atoms with E-state index in [2.05, 4.69) is 186 Å². The van der Waals surface area contributed by atoms with Crippen LogP contribution in [0.4, 0.5) is 0 Å². The van der Waals surface area contributed by atoms with Crippen LogP contribution in [0.2, 0.25) is 0 Å². The smallest absolute Gasteiger partial charge is 0.0578 e. The molecule has 1 aliphatic heterocycles. The summed E-state index contributed by atoms with van der Waals surface area (Å²) in [6.07, 6.45) is 1.95. The number of hydrogen-bond acceptors (Lipinski definition) is 1. The van der Waals surface area contributed by atoms with Gasteiger partial charge in [-0.15, -0.1) is 5.70 Å². The Morgan fingerprint density at radius 3 is 1.82 bits per heavy atom. The average molecular weight is 651 g/mol. The van der Waals surface area contributed by atoms with Gasteiger partial charge in [-0.2, -0.15) is 0 Å². The van der Waals surface area contributed by atoms with Crippen molar-refractivity contribution in [2.75, 3.05) is 0 Å². The van der Waals surface area contributed by atoms with Crippen LogP contribution in [0.25, 0.3) is 86.7 Å². The highest BCUT2D eigenvalue weighted by Gasteiger charge is 2.25. The van der Waals surface area contributed by atoms with Crippen molar-refractivity contribution in [1.82, 2.24) is 9.88 Å². The minimum atomic E-state index is -0.383. The van der Waals surface area contributed by atoms with E-state index in [4.69, 9.17) is 5.32 Å². The van der Waals surface area contributed by atoms with Crippen molar-refractivity contribution in [2.45, 2.75) is 12.3 Å². The van der Waals surface area contributed by atoms with Crippen molar-refractivity contribution in [3.8, 4) is 0 Å². The zero-order chi connectivity index (χ0) is 33.5. The van der Waals surface area contributed by atoms with Crippen molar-refractivity contribution in [1.29, 1.82) is 0 Å². The third-order valence-corrected chi connectivity index (χ3v) is 10.9. The second-order valence-electron chi connectivity index (χ2n) is 13.7. The molecule has 1 aromatic heterocycles. The van der Waals surface area contributed by atoms with Gasteiger partial charge in [-0.3, -0.25) is 0 Å². The predicted octanol–water partition coefficient (Wildman–Crippen LogP) is 12.8. The third-order valence-electron chi connectivity index (χ3n) is 10.9. The van der Waals surface area contributed by atoms with Gasteiger partial charge in [0.05, 0.1) is 11.6 Å². The molecule has 2 heterocycles. The Hall–Kier alpha value is -6.42. The molecule has 240 valence electrons. The van der Waals surface area contributed by atoms with Crippen LogP contribution in [0.3, 0.4) is 0 Å². The normalized spacial score (nSPS) is 16.4. The van der Waals surface area contributed by atoms with Gasteiger partial charge in [0.15, 0.2) is 0 Å². The van der Waals surface area contributed by atoms with Gasteiger partial charge in [0.25, 0.3) is 0 Å². The monoisotopic (exact) mass is 650 g/mol. The number of hydrogen-bond donors (Lipinski definition) is 1. The summed E-state index contributed by atoms with van der Waals surface area (Å²) in [6, 6.07) is 61.6. The van der Waals surface area contributed by atoms with Crippen molar-refractivity contribution in [2.24, 2.45) is 0 Å². The fraction of sp³-hybridized carbons (Fsp3) is 0.0417. The maximum Gasteiger partial charge on any atom is 0.0578 e. The summed E-state index contributed by atoms with van der Waals surface area (Å²) in [5, 5.41) is 24.7. The first-order valence-electron chi connectivity index (χ1n) is 17.7. The van der Waals surface area contributed by atoms with Gasteiger partial charge in [0, 0.05) is 33.4 Å². The van der Waals surface area contributed by atoms with Gasteiger partial charge in [-0.1, -0.05) is 170 Å². The maximum atomic E-state index is 5.66. The standard InChI is InChI=1S/C48H32N3/c1-4-18-33-30(13-1)16-11-24-37(33)42-29-43(38-25-12-17-31-14-2-5-19-34(31)38)50-48(49-42)51-44-26-10-9-23-41(44)46-45-35-20-6-3-15-32(35)27-28-39(45)36-21-7-8-22-40(36)47(46)51/h1-29,42,48-49H/q-1. The second kappa shape index (κ2) is 11.0. The second-order valence-corrected chi connectivity index (χ2v) is 13.7. The zero-order valence-corrected chi connectivity index (χ0v) is 27.8. The molecule has 0 bridgehead atoms. The molecule has 3 nitrogen and oxygen atoms in total. The number of benzene rings is 9. The minimum absolute atomic E-state index is 0.0867. The number of nitrogens with one attached hydrogen (secondary N) is 1. The molecule has 0 saturated carbocycles. The fourth-order valence-corrected chi connectivity index (χ4v) is 8.75. The van der Waals surface area contributed by atoms with Crippen molar-refractivity contribution < 1.29 is 0 Å². The summed E-state index contributed by atoms with van der Waals surface area (Å²) in [6.45, 7) is 0. The molecule has 51 heavy (non-hydrogen) atoms. The lowest BCUT2D eigenvalue weighted by Gasteiger charge is -2.45. The van der Waals surface area contributed by atoms with Crippen LogP contribution in [0.5, 0.6) is 0 Å². The highest BCUT2D eigenvalue weighted by atomic mass is 15.3. The van der Waals surface area contributed by atoms with Crippen LogP contribution in [0.15, 0.2) is 176 Å². The van der Waals surface area contributed by atoms with Crippen LogP contribution in [0, 0.1) is 0 Å². The van der Waals surface area contributed by atoms with Crippen molar-refractivity contribution in [3.05, 3.63) is 192 Å². The molecule has 3 heteroatoms. The van der Waals surface area contributed by atoms with Crippen LogP contribution >= 0.6 is 0 Å². The molecule has 0 radical (unpaired) electrons. The lowest BCUT2D eigenvalue weighted by atomic mass is 9.93. The molecule has 10 aromatic rings. The Morgan fingerprint density at radius 1 is 0.431 bits per heavy atom. The van der Waals surface area contributed by atoms with E-state index < -0.39 is 0 Å². The van der Waals surface area contributed by atoms with Gasteiger partial charge in [-0.25, -0.2) is 0 Å². The maximum absolute atomic E-state index is 5.66. The topological polar surface area (TPSA) is 31.1 Å². The SMILES string of the molecule is C1=C(c2cccc3ccccc23)[N-]C(n2c3ccccc3c3c4c5ccccc5ccc4c4ccccc4c32)NC1c1cccc2ccccc12. The number of rotatable bonds is 3. The van der Waals surface area contributed by atoms with E-state index in [9.17, 15) is 0 Å². The minimum Gasteiger partial charge on any atom is -0.652 e. The molecule has 0 amide bonds. The molecule has 1 N–H and O–H groups in total. The number of nitrogens with zero attached hydrogens (tertiary/aromatic N) is 2. The molecule has 0 aliphatic carbocycles. The summed E-state index contributed by atoms with van der Waals surface area (Å²) in [5.41, 5.74) is 5.75. The predicted molar refractivity (Wildman–Crippen MR) is 216 cm³/mol. The first kappa shape index (κ1) is 28.4. The summed E-state index contributed by atoms with van der Waals surface area (Å²) < 4.78 is 2.48. The number of aromatic nitrogens is 1. The highest BCUT2D eigenvalue weighted by Crippen LogP contribution is 2.48. The molecule has 2 atom stereocenters. The fourth-order valence-electron chi connectivity index (χ4n) is 8.75. The molecule has 2 unspecified atom stereocenters. The summed E-state index contributed by atoms with van der Waals surface area (Å²) in [4.78, 5) is 0. The van der Waals surface area contributed by atoms with E-state index in [-0.39, 0.29) is 12.3 Å². The molecule has 11 rings (SSSR count). The zero-order valence-electron chi connectivity index (χ0n) is 27.8. The van der Waals surface area contributed by atoms with E-state index in [1.165, 1.54) is 75.7 Å². The van der Waals surface area contributed by atoms with Gasteiger partial charge in [0.2, 0.25) is 0 Å². The first-order valence-corrected chi connectivity index (χ1v) is 17.7. The van der Waals surface area contributed by atoms with Gasteiger partial charge < -0.3 is 15.2 Å². The lowest BCUT2D eigenvalue weighted by molar-refractivity contribution is 0.449. The molecule has 0 saturated heterocycles. The van der Waals surface area contributed by atoms with Crippen LogP contribution in [0.1, 0.15) is 23.5 Å². The Balaban J connectivity index is 1.24. The highest BCUT2D eigenvalue weighted by molar-refractivity contribution is 6.36. The summed E-state index contributed by atoms with van der Waals surface area (Å²) in [5.74, 6) is 0. The van der Waals surface area contributed by atoms with Crippen LogP contribution in [-0.4, -0.2) is 4.57 Å². The Kier molecular flexibility index (Phi) is 6.16. The van der Waals surface area contributed by atoms with E-state index in [1.54, 1.807) is 0 Å².